The number of nitriles is 1. The molecule has 4 rings (SSSR count). The van der Waals surface area contributed by atoms with Crippen LogP contribution in [0.4, 0.5) is 5.69 Å². The number of likely N-dealkylation sites (tertiary alicyclic amines) is 1. The Balaban J connectivity index is 1.30. The maximum absolute atomic E-state index is 12.5. The van der Waals surface area contributed by atoms with Gasteiger partial charge in [0.05, 0.1) is 17.3 Å². The lowest BCUT2D eigenvalue weighted by molar-refractivity contribution is -0.121. The number of halogens is 1. The topological polar surface area (TPSA) is 73.4 Å². The van der Waals surface area contributed by atoms with Gasteiger partial charge in [-0.1, -0.05) is 15.9 Å². The van der Waals surface area contributed by atoms with Crippen LogP contribution in [0.15, 0.2) is 53.3 Å². The molecule has 6 nitrogen and oxygen atoms in total. The van der Waals surface area contributed by atoms with Gasteiger partial charge >= 0.3 is 0 Å². The number of hydrogen-bond donors (Lipinski definition) is 1. The third-order valence-electron chi connectivity index (χ3n) is 5.10. The van der Waals surface area contributed by atoms with Gasteiger partial charge in [0.2, 0.25) is 5.91 Å². The van der Waals surface area contributed by atoms with E-state index in [-0.39, 0.29) is 11.8 Å². The van der Waals surface area contributed by atoms with Gasteiger partial charge in [0, 0.05) is 35.0 Å². The molecule has 0 radical (unpaired) electrons. The average Bonchev–Trinajstić information content (AvgIpc) is 3.10. The van der Waals surface area contributed by atoms with Gasteiger partial charge in [-0.2, -0.15) is 5.26 Å². The molecule has 3 heterocycles. The summed E-state index contributed by atoms with van der Waals surface area (Å²) in [5, 5.41) is 11.8. The van der Waals surface area contributed by atoms with Crippen LogP contribution >= 0.6 is 15.9 Å². The van der Waals surface area contributed by atoms with Crippen molar-refractivity contribution in [2.24, 2.45) is 5.92 Å². The number of rotatable bonds is 4. The second kappa shape index (κ2) is 8.13. The zero-order chi connectivity index (χ0) is 19.5. The summed E-state index contributed by atoms with van der Waals surface area (Å²) >= 11 is 3.48. The molecule has 0 saturated carbocycles. The molecule has 1 amide bonds. The van der Waals surface area contributed by atoms with Crippen molar-refractivity contribution < 1.29 is 4.79 Å². The number of nitrogens with one attached hydrogen (secondary N) is 1. The molecule has 0 atom stereocenters. The van der Waals surface area contributed by atoms with E-state index in [1.165, 1.54) is 0 Å². The molecule has 1 aliphatic rings. The van der Waals surface area contributed by atoms with E-state index in [1.54, 1.807) is 24.3 Å². The zero-order valence-corrected chi connectivity index (χ0v) is 16.9. The van der Waals surface area contributed by atoms with Gasteiger partial charge in [-0.25, -0.2) is 4.98 Å². The minimum atomic E-state index is 0.0175. The van der Waals surface area contributed by atoms with Gasteiger partial charge in [-0.15, -0.1) is 0 Å². The van der Waals surface area contributed by atoms with Crippen molar-refractivity contribution >= 4 is 33.2 Å². The smallest absolute Gasteiger partial charge is 0.227 e. The zero-order valence-electron chi connectivity index (χ0n) is 15.3. The Morgan fingerprint density at radius 3 is 2.71 bits per heavy atom. The van der Waals surface area contributed by atoms with Crippen molar-refractivity contribution in [3.63, 3.8) is 0 Å². The van der Waals surface area contributed by atoms with E-state index in [0.717, 1.165) is 54.0 Å². The molecule has 0 bridgehead atoms. The van der Waals surface area contributed by atoms with E-state index in [0.29, 0.717) is 5.56 Å². The number of aromatic nitrogens is 2. The summed E-state index contributed by atoms with van der Waals surface area (Å²) in [5.41, 5.74) is 3.30. The van der Waals surface area contributed by atoms with E-state index in [1.807, 2.05) is 22.7 Å². The molecule has 1 aromatic carbocycles. The highest BCUT2D eigenvalue weighted by Crippen LogP contribution is 2.22. The SMILES string of the molecule is N#Cc1ccc(NC(=O)C2CCN(Cc3cn4ccc(Br)cc4n3)CC2)cc1. The highest BCUT2D eigenvalue weighted by molar-refractivity contribution is 9.10. The number of pyridine rings is 1. The van der Waals surface area contributed by atoms with Gasteiger partial charge in [-0.05, 0) is 62.3 Å². The third kappa shape index (κ3) is 4.24. The van der Waals surface area contributed by atoms with E-state index in [4.69, 9.17) is 5.26 Å². The van der Waals surface area contributed by atoms with Crippen molar-refractivity contribution in [3.05, 3.63) is 64.5 Å². The number of fused-ring (bicyclic) bond motifs is 1. The molecule has 7 heteroatoms. The van der Waals surface area contributed by atoms with Gasteiger partial charge < -0.3 is 9.72 Å². The minimum absolute atomic E-state index is 0.0175. The predicted molar refractivity (Wildman–Crippen MR) is 111 cm³/mol. The van der Waals surface area contributed by atoms with Crippen molar-refractivity contribution in [1.29, 1.82) is 5.26 Å². The quantitative estimate of drug-likeness (QED) is 0.672. The number of hydrogen-bond acceptors (Lipinski definition) is 4. The molecule has 28 heavy (non-hydrogen) atoms. The number of imidazole rings is 1. The van der Waals surface area contributed by atoms with Crippen LogP contribution in [-0.2, 0) is 11.3 Å². The fourth-order valence-electron chi connectivity index (χ4n) is 3.54. The molecule has 1 N–H and O–H groups in total. The summed E-state index contributed by atoms with van der Waals surface area (Å²) in [5.74, 6) is 0.0749. The Kier molecular flexibility index (Phi) is 5.42. The monoisotopic (exact) mass is 437 g/mol. The van der Waals surface area contributed by atoms with Crippen LogP contribution in [-0.4, -0.2) is 33.3 Å². The molecule has 1 fully saturated rings. The lowest BCUT2D eigenvalue weighted by Gasteiger charge is -2.30. The Hall–Kier alpha value is -2.69. The average molecular weight is 438 g/mol. The Labute approximate surface area is 171 Å². The lowest BCUT2D eigenvalue weighted by atomic mass is 9.95. The summed E-state index contributed by atoms with van der Waals surface area (Å²) in [6.45, 7) is 2.55. The maximum atomic E-state index is 12.5. The van der Waals surface area contributed by atoms with E-state index in [9.17, 15) is 4.79 Å². The molecule has 1 saturated heterocycles. The second-order valence-corrected chi connectivity index (χ2v) is 7.99. The molecule has 0 unspecified atom stereocenters. The summed E-state index contributed by atoms with van der Waals surface area (Å²) in [6, 6.07) is 13.0. The van der Waals surface area contributed by atoms with Crippen molar-refractivity contribution in [2.75, 3.05) is 18.4 Å². The molecular formula is C21H20BrN5O. The van der Waals surface area contributed by atoms with Crippen LogP contribution in [0.1, 0.15) is 24.1 Å². The molecule has 3 aromatic rings. The van der Waals surface area contributed by atoms with E-state index < -0.39 is 0 Å². The minimum Gasteiger partial charge on any atom is -0.326 e. The number of benzene rings is 1. The Morgan fingerprint density at radius 1 is 1.25 bits per heavy atom. The number of anilines is 1. The van der Waals surface area contributed by atoms with Crippen LogP contribution in [0.5, 0.6) is 0 Å². The second-order valence-electron chi connectivity index (χ2n) is 7.07. The fourth-order valence-corrected chi connectivity index (χ4v) is 3.86. The fraction of sp³-hybridized carbons (Fsp3) is 0.286. The number of carbonyl (C=O) groups is 1. The van der Waals surface area contributed by atoms with Crippen LogP contribution in [0.25, 0.3) is 5.65 Å². The van der Waals surface area contributed by atoms with Crippen molar-refractivity contribution in [1.82, 2.24) is 14.3 Å². The third-order valence-corrected chi connectivity index (χ3v) is 5.59. The summed E-state index contributed by atoms with van der Waals surface area (Å²) < 4.78 is 3.05. The molecule has 0 aliphatic carbocycles. The molecular weight excluding hydrogens is 418 g/mol. The summed E-state index contributed by atoms with van der Waals surface area (Å²) in [7, 11) is 0. The van der Waals surface area contributed by atoms with Crippen LogP contribution in [0, 0.1) is 17.2 Å². The van der Waals surface area contributed by atoms with Gasteiger partial charge in [0.25, 0.3) is 0 Å². The first-order valence-corrected chi connectivity index (χ1v) is 10.1. The van der Waals surface area contributed by atoms with E-state index >= 15 is 0 Å². The highest BCUT2D eigenvalue weighted by Gasteiger charge is 2.25. The number of carbonyl (C=O) groups excluding carboxylic acids is 1. The van der Waals surface area contributed by atoms with E-state index in [2.05, 4.69) is 43.4 Å². The molecule has 0 spiro atoms. The largest absolute Gasteiger partial charge is 0.326 e. The normalized spacial score (nSPS) is 15.4. The summed E-state index contributed by atoms with van der Waals surface area (Å²) in [4.78, 5) is 19.6. The van der Waals surface area contributed by atoms with Crippen LogP contribution < -0.4 is 5.32 Å². The van der Waals surface area contributed by atoms with Gasteiger partial charge in [0.15, 0.2) is 0 Å². The van der Waals surface area contributed by atoms with Crippen LogP contribution in [0.3, 0.4) is 0 Å². The Morgan fingerprint density at radius 2 is 2.00 bits per heavy atom. The first kappa shape index (κ1) is 18.7. The van der Waals surface area contributed by atoms with Crippen LogP contribution in [0.2, 0.25) is 0 Å². The highest BCUT2D eigenvalue weighted by atomic mass is 79.9. The number of amides is 1. The predicted octanol–water partition coefficient (Wildman–Crippen LogP) is 3.82. The lowest BCUT2D eigenvalue weighted by Crippen LogP contribution is -2.37. The maximum Gasteiger partial charge on any atom is 0.227 e. The van der Waals surface area contributed by atoms with Gasteiger partial charge in [-0.3, -0.25) is 9.69 Å². The summed E-state index contributed by atoms with van der Waals surface area (Å²) in [6.07, 6.45) is 5.73. The Bertz CT molecular complexity index is 1030. The van der Waals surface area contributed by atoms with Crippen molar-refractivity contribution in [2.45, 2.75) is 19.4 Å². The first-order chi connectivity index (χ1) is 13.6. The van der Waals surface area contributed by atoms with Gasteiger partial charge in [0.1, 0.15) is 5.65 Å². The molecule has 2 aromatic heterocycles. The van der Waals surface area contributed by atoms with Crippen molar-refractivity contribution in [3.8, 4) is 6.07 Å². The number of piperidine rings is 1. The number of nitrogens with zero attached hydrogens (tertiary/aromatic N) is 4. The molecule has 142 valence electrons. The molecule has 1 aliphatic heterocycles. The standard InChI is InChI=1S/C21H20BrN5O/c22-17-7-10-27-14-19(24-20(27)11-17)13-26-8-5-16(6-9-26)21(28)25-18-3-1-15(12-23)2-4-18/h1-4,7,10-11,14,16H,5-6,8-9,13H2,(H,25,28). The first-order valence-electron chi connectivity index (χ1n) is 9.27.